The summed E-state index contributed by atoms with van der Waals surface area (Å²) in [6.07, 6.45) is -4.53. The van der Waals surface area contributed by atoms with E-state index in [2.05, 4.69) is 0 Å². The van der Waals surface area contributed by atoms with Crippen molar-refractivity contribution in [2.45, 2.75) is 12.2 Å². The molecule has 0 saturated heterocycles. The van der Waals surface area contributed by atoms with Crippen LogP contribution in [0.15, 0.2) is 0 Å². The molecule has 10 N–H and O–H groups in total. The molecule has 0 fully saturated rings. The summed E-state index contributed by atoms with van der Waals surface area (Å²) in [6.45, 7) is 0. The average Bonchev–Trinajstić information content (AvgIpc) is 1.84. The molecule has 0 aromatic rings. The van der Waals surface area contributed by atoms with Gasteiger partial charge < -0.3 is 36.9 Å². The van der Waals surface area contributed by atoms with Gasteiger partial charge in [-0.1, -0.05) is 0 Å². The summed E-state index contributed by atoms with van der Waals surface area (Å²) < 4.78 is 0. The van der Waals surface area contributed by atoms with Crippen molar-refractivity contribution < 1.29 is 46.4 Å². The quantitative estimate of drug-likeness (QED) is 0.373. The predicted molar refractivity (Wildman–Crippen MR) is 43.9 cm³/mol. The first-order valence-corrected chi connectivity index (χ1v) is 2.28. The van der Waals surface area contributed by atoms with E-state index in [0.717, 1.165) is 0 Å². The van der Waals surface area contributed by atoms with Crippen LogP contribution in [0.3, 0.4) is 0 Å². The van der Waals surface area contributed by atoms with E-state index in [4.69, 9.17) is 20.4 Å². The van der Waals surface area contributed by atoms with Gasteiger partial charge in [0, 0.05) is 24.4 Å². The van der Waals surface area contributed by atoms with Crippen molar-refractivity contribution in [3.63, 3.8) is 0 Å². The maximum atomic E-state index is 9.77. The third-order valence-electron chi connectivity index (χ3n) is 0.805. The number of carbonyl (C=O) groups is 2. The number of aliphatic carboxylic acids is 2. The molecule has 0 aliphatic heterocycles. The molecule has 87 valence electrons. The van der Waals surface area contributed by atoms with Gasteiger partial charge in [0.25, 0.3) is 0 Å². The summed E-state index contributed by atoms with van der Waals surface area (Å²) in [4.78, 5) is 19.5. The van der Waals surface area contributed by atoms with Crippen LogP contribution < -0.4 is 0 Å². The molecular weight excluding hydrogens is 314 g/mol. The third-order valence-corrected chi connectivity index (χ3v) is 0.805. The number of carboxylic acids is 2. The first kappa shape index (κ1) is 29.2. The van der Waals surface area contributed by atoms with Gasteiger partial charge in [0.05, 0.1) is 0 Å². The molecule has 0 rings (SSSR count). The Balaban J connectivity index is -0.0000000675. The molecule has 0 heterocycles. The normalized spacial score (nSPS) is 11.3. The van der Waals surface area contributed by atoms with Crippen molar-refractivity contribution in [2.75, 3.05) is 0 Å². The van der Waals surface area contributed by atoms with Crippen molar-refractivity contribution in [3.05, 3.63) is 0 Å². The van der Waals surface area contributed by atoms with Crippen LogP contribution in [0.1, 0.15) is 0 Å². The molecule has 10 heteroatoms. The van der Waals surface area contributed by atoms with Crippen LogP contribution in [0.2, 0.25) is 0 Å². The molecule has 2 unspecified atom stereocenters. The Morgan fingerprint density at radius 3 is 1.00 bits per heavy atom. The van der Waals surface area contributed by atoms with Crippen LogP contribution in [-0.4, -0.2) is 85.4 Å². The van der Waals surface area contributed by atoms with Crippen LogP contribution in [0.5, 0.6) is 0 Å². The minimum atomic E-state index is -2.27. The van der Waals surface area contributed by atoms with Crippen molar-refractivity contribution in [1.82, 2.24) is 0 Å². The minimum Gasteiger partial charge on any atom is -0.479 e. The molecule has 9 nitrogen and oxygen atoms in total. The van der Waals surface area contributed by atoms with E-state index in [1.807, 2.05) is 0 Å². The number of aliphatic hydroxyl groups is 2. The van der Waals surface area contributed by atoms with Gasteiger partial charge in [-0.3, -0.25) is 0 Å². The fourth-order valence-corrected chi connectivity index (χ4v) is 0.270. The average molecular weight is 326 g/mol. The maximum Gasteiger partial charge on any atom is 0.335 e. The maximum absolute atomic E-state index is 9.77. The molecule has 0 bridgehead atoms. The summed E-state index contributed by atoms with van der Waals surface area (Å²) in [5.41, 5.74) is 0. The summed E-state index contributed by atoms with van der Waals surface area (Å²) in [6, 6.07) is 0. The molecule has 0 amide bonds. The number of carboxylic acid groups (broad SMARTS) is 2. The fourth-order valence-electron chi connectivity index (χ4n) is 0.270. The van der Waals surface area contributed by atoms with E-state index >= 15 is 0 Å². The Kier molecular flexibility index (Phi) is 26.2. The molecule has 0 aliphatic carbocycles. The molecule has 3 radical (unpaired) electrons. The van der Waals surface area contributed by atoms with Crippen molar-refractivity contribution in [1.29, 1.82) is 0 Å². The number of rotatable bonds is 3. The second kappa shape index (κ2) is 12.6. The monoisotopic (exact) mass is 325 g/mol. The second-order valence-corrected chi connectivity index (χ2v) is 1.57. The molecule has 0 aromatic carbocycles. The molecule has 0 saturated carbocycles. The van der Waals surface area contributed by atoms with Gasteiger partial charge in [-0.15, -0.1) is 0 Å². The molecule has 0 spiro atoms. The molecule has 14 heavy (non-hydrogen) atoms. The van der Waals surface area contributed by atoms with Crippen molar-refractivity contribution >= 4 is 36.4 Å². The zero-order valence-corrected chi connectivity index (χ0v) is 9.26. The van der Waals surface area contributed by atoms with Crippen LogP contribution in [0.4, 0.5) is 0 Å². The van der Waals surface area contributed by atoms with Gasteiger partial charge in [-0.2, -0.15) is 0 Å². The third kappa shape index (κ3) is 9.64. The van der Waals surface area contributed by atoms with Crippen LogP contribution in [-0.2, 0) is 9.59 Å². The summed E-state index contributed by atoms with van der Waals surface area (Å²) >= 11 is 0. The van der Waals surface area contributed by atoms with Gasteiger partial charge in [0.1, 0.15) is 0 Å². The first-order chi connectivity index (χ1) is 4.46. The number of hydrogen-bond donors (Lipinski definition) is 4. The van der Waals surface area contributed by atoms with E-state index < -0.39 is 24.1 Å². The molecule has 0 aliphatic rings. The van der Waals surface area contributed by atoms with E-state index in [1.54, 1.807) is 0 Å². The Hall–Kier alpha value is -0.442. The predicted octanol–water partition coefficient (Wildman–Crippen LogP) is -4.98. The van der Waals surface area contributed by atoms with Gasteiger partial charge in [-0.05, 0) is 0 Å². The Morgan fingerprint density at radius 1 is 0.786 bits per heavy atom. The van der Waals surface area contributed by atoms with E-state index in [-0.39, 0.29) is 40.9 Å². The van der Waals surface area contributed by atoms with Crippen LogP contribution >= 0.6 is 0 Å². The minimum absolute atomic E-state index is 0. The Labute approximate surface area is 95.3 Å². The SMILES string of the molecule is O.O.O.O=C(O)C(O)C(O)C(=O)O.[Sb]. The van der Waals surface area contributed by atoms with E-state index in [1.165, 1.54) is 0 Å². The van der Waals surface area contributed by atoms with Crippen molar-refractivity contribution in [2.24, 2.45) is 0 Å². The molecule has 2 atom stereocenters. The zero-order valence-electron chi connectivity index (χ0n) is 6.71. The zero-order chi connectivity index (χ0) is 8.31. The Morgan fingerprint density at radius 2 is 0.929 bits per heavy atom. The number of hydrogen-bond acceptors (Lipinski definition) is 4. The largest absolute Gasteiger partial charge is 0.479 e. The van der Waals surface area contributed by atoms with Crippen LogP contribution in [0.25, 0.3) is 0 Å². The Bertz CT molecular complexity index is 141. The standard InChI is InChI=1S/C4H6O6.3H2O.Sb/c5-1(3(7)8)2(6)4(9)10;;;;/h1-2,5-6H,(H,7,8)(H,9,10);3*1H2;. The van der Waals surface area contributed by atoms with E-state index in [0.29, 0.717) is 0 Å². The molecular formula is C4H12O9Sb. The topological polar surface area (TPSA) is 210 Å². The summed E-state index contributed by atoms with van der Waals surface area (Å²) in [7, 11) is 0. The van der Waals surface area contributed by atoms with Crippen LogP contribution in [0, 0.1) is 0 Å². The summed E-state index contributed by atoms with van der Waals surface area (Å²) in [5.74, 6) is -3.54. The van der Waals surface area contributed by atoms with E-state index in [9.17, 15) is 9.59 Å². The van der Waals surface area contributed by atoms with Crippen molar-refractivity contribution in [3.8, 4) is 0 Å². The van der Waals surface area contributed by atoms with Gasteiger partial charge in [0.15, 0.2) is 12.2 Å². The van der Waals surface area contributed by atoms with Gasteiger partial charge in [0.2, 0.25) is 0 Å². The van der Waals surface area contributed by atoms with Gasteiger partial charge in [-0.25, -0.2) is 9.59 Å². The second-order valence-electron chi connectivity index (χ2n) is 1.57. The number of aliphatic hydroxyl groups excluding tert-OH is 2. The smallest absolute Gasteiger partial charge is 0.335 e. The molecule has 0 aromatic heterocycles. The summed E-state index contributed by atoms with van der Waals surface area (Å²) in [5, 5.41) is 32.5. The van der Waals surface area contributed by atoms with Gasteiger partial charge >= 0.3 is 11.9 Å². The first-order valence-electron chi connectivity index (χ1n) is 2.28. The fraction of sp³-hybridized carbons (Fsp3) is 0.500.